The van der Waals surface area contributed by atoms with E-state index in [0.29, 0.717) is 6.54 Å². The van der Waals surface area contributed by atoms with Gasteiger partial charge in [0.05, 0.1) is 26.3 Å². The summed E-state index contributed by atoms with van der Waals surface area (Å²) in [5.41, 5.74) is 0.941. The van der Waals surface area contributed by atoms with Crippen molar-refractivity contribution in [3.63, 3.8) is 0 Å². The van der Waals surface area contributed by atoms with Gasteiger partial charge < -0.3 is 14.0 Å². The van der Waals surface area contributed by atoms with Crippen molar-refractivity contribution < 1.29 is 14.3 Å². The van der Waals surface area contributed by atoms with E-state index in [0.717, 1.165) is 22.4 Å². The Morgan fingerprint density at radius 2 is 2.06 bits per heavy atom. The Morgan fingerprint density at radius 1 is 1.29 bits per heavy atom. The Morgan fingerprint density at radius 3 is 2.65 bits per heavy atom. The lowest BCUT2D eigenvalue weighted by Gasteiger charge is -2.08. The number of Topliss-reactive ketones (excluding diaryl/α,β-unsaturated/α-hetero) is 1. The molecule has 0 aliphatic carbocycles. The maximum atomic E-state index is 11.2. The quantitative estimate of drug-likeness (QED) is 0.813. The second kappa shape index (κ2) is 4.49. The van der Waals surface area contributed by atoms with Crippen LogP contribution in [0.5, 0.6) is 11.5 Å². The number of nitrogens with zero attached hydrogens (tertiary/aromatic N) is 1. The fourth-order valence-corrected chi connectivity index (χ4v) is 1.90. The first-order chi connectivity index (χ1) is 8.15. The zero-order valence-electron chi connectivity index (χ0n) is 10.2. The van der Waals surface area contributed by atoms with Crippen molar-refractivity contribution in [2.75, 3.05) is 14.2 Å². The van der Waals surface area contributed by atoms with Crippen molar-refractivity contribution in [2.24, 2.45) is 0 Å². The van der Waals surface area contributed by atoms with E-state index in [4.69, 9.17) is 9.47 Å². The summed E-state index contributed by atoms with van der Waals surface area (Å²) >= 11 is 0. The molecule has 2 rings (SSSR count). The number of hydrogen-bond acceptors (Lipinski definition) is 3. The van der Waals surface area contributed by atoms with Crippen molar-refractivity contribution in [3.8, 4) is 11.5 Å². The van der Waals surface area contributed by atoms with Gasteiger partial charge in [0.2, 0.25) is 0 Å². The Balaban J connectivity index is 2.61. The number of carbonyl (C=O) groups excluding carboxylic acids is 1. The minimum absolute atomic E-state index is 0.115. The molecular formula is C13H15NO3. The normalized spacial score (nSPS) is 10.5. The first-order valence-corrected chi connectivity index (χ1v) is 5.36. The highest BCUT2D eigenvalue weighted by Gasteiger charge is 2.10. The summed E-state index contributed by atoms with van der Waals surface area (Å²) < 4.78 is 12.4. The summed E-state index contributed by atoms with van der Waals surface area (Å²) in [7, 11) is 3.23. The zero-order chi connectivity index (χ0) is 12.4. The zero-order valence-corrected chi connectivity index (χ0v) is 10.2. The van der Waals surface area contributed by atoms with E-state index in [2.05, 4.69) is 0 Å². The molecule has 4 heteroatoms. The lowest BCUT2D eigenvalue weighted by atomic mass is 10.2. The van der Waals surface area contributed by atoms with Crippen LogP contribution in [-0.2, 0) is 11.3 Å². The van der Waals surface area contributed by atoms with Crippen LogP contribution in [0.15, 0.2) is 24.4 Å². The van der Waals surface area contributed by atoms with E-state index in [-0.39, 0.29) is 5.78 Å². The highest BCUT2D eigenvalue weighted by molar-refractivity contribution is 5.89. The van der Waals surface area contributed by atoms with Gasteiger partial charge in [0.1, 0.15) is 17.3 Å². The monoisotopic (exact) mass is 233 g/mol. The van der Waals surface area contributed by atoms with Gasteiger partial charge in [-0.2, -0.15) is 0 Å². The molecule has 2 aromatic rings. The Kier molecular flexibility index (Phi) is 3.04. The average molecular weight is 233 g/mol. The van der Waals surface area contributed by atoms with Crippen LogP contribution in [-0.4, -0.2) is 24.6 Å². The van der Waals surface area contributed by atoms with Gasteiger partial charge in [-0.3, -0.25) is 4.79 Å². The number of fused-ring (bicyclic) bond motifs is 1. The largest absolute Gasteiger partial charge is 0.497 e. The fourth-order valence-electron chi connectivity index (χ4n) is 1.90. The molecular weight excluding hydrogens is 218 g/mol. The van der Waals surface area contributed by atoms with E-state index in [1.807, 2.05) is 29.0 Å². The van der Waals surface area contributed by atoms with Crippen LogP contribution in [0.1, 0.15) is 6.92 Å². The van der Waals surface area contributed by atoms with E-state index in [1.54, 1.807) is 21.1 Å². The summed E-state index contributed by atoms with van der Waals surface area (Å²) in [5.74, 6) is 1.59. The van der Waals surface area contributed by atoms with Crippen molar-refractivity contribution >= 4 is 16.7 Å². The predicted molar refractivity (Wildman–Crippen MR) is 65.7 cm³/mol. The molecule has 0 aliphatic heterocycles. The molecule has 0 saturated carbocycles. The molecule has 0 fully saturated rings. The third kappa shape index (κ3) is 2.11. The van der Waals surface area contributed by atoms with Gasteiger partial charge in [-0.15, -0.1) is 0 Å². The number of carbonyl (C=O) groups is 1. The van der Waals surface area contributed by atoms with Crippen LogP contribution in [0.3, 0.4) is 0 Å². The van der Waals surface area contributed by atoms with Gasteiger partial charge in [0.25, 0.3) is 0 Å². The molecule has 0 bridgehead atoms. The first-order valence-electron chi connectivity index (χ1n) is 5.36. The average Bonchev–Trinajstić information content (AvgIpc) is 2.70. The summed E-state index contributed by atoms with van der Waals surface area (Å²) in [4.78, 5) is 11.2. The molecule has 0 saturated heterocycles. The number of ether oxygens (including phenoxy) is 2. The third-order valence-electron chi connectivity index (χ3n) is 2.67. The second-order valence-corrected chi connectivity index (χ2v) is 3.91. The Hall–Kier alpha value is -1.97. The maximum absolute atomic E-state index is 11.2. The van der Waals surface area contributed by atoms with Crippen LogP contribution >= 0.6 is 0 Å². The van der Waals surface area contributed by atoms with E-state index in [1.165, 1.54) is 0 Å². The molecule has 4 nitrogen and oxygen atoms in total. The molecule has 0 radical (unpaired) electrons. The molecule has 0 spiro atoms. The van der Waals surface area contributed by atoms with Crippen LogP contribution in [0.2, 0.25) is 0 Å². The van der Waals surface area contributed by atoms with Gasteiger partial charge in [0, 0.05) is 23.7 Å². The molecule has 0 N–H and O–H groups in total. The Labute approximate surface area is 99.7 Å². The summed E-state index contributed by atoms with van der Waals surface area (Å²) in [5, 5.41) is 0.981. The molecule has 0 amide bonds. The van der Waals surface area contributed by atoms with Gasteiger partial charge >= 0.3 is 0 Å². The van der Waals surface area contributed by atoms with Gasteiger partial charge in [-0.25, -0.2) is 0 Å². The van der Waals surface area contributed by atoms with Crippen LogP contribution < -0.4 is 9.47 Å². The molecule has 1 aromatic heterocycles. The van der Waals surface area contributed by atoms with E-state index < -0.39 is 0 Å². The number of methoxy groups -OCH3 is 2. The highest BCUT2D eigenvalue weighted by Crippen LogP contribution is 2.31. The van der Waals surface area contributed by atoms with Crippen molar-refractivity contribution in [1.82, 2.24) is 4.57 Å². The topological polar surface area (TPSA) is 40.5 Å². The van der Waals surface area contributed by atoms with Crippen molar-refractivity contribution in [2.45, 2.75) is 13.5 Å². The van der Waals surface area contributed by atoms with Gasteiger partial charge in [0.15, 0.2) is 0 Å². The second-order valence-electron chi connectivity index (χ2n) is 3.91. The number of ketones is 1. The molecule has 90 valence electrons. The van der Waals surface area contributed by atoms with E-state index >= 15 is 0 Å². The molecule has 1 aromatic carbocycles. The molecule has 1 heterocycles. The number of benzene rings is 1. The number of rotatable bonds is 4. The predicted octanol–water partition coefficient (Wildman–Crippen LogP) is 2.25. The maximum Gasteiger partial charge on any atom is 0.149 e. The minimum atomic E-state index is 0.115. The molecule has 0 unspecified atom stereocenters. The SMILES string of the molecule is COc1cc(OC)c2ccn(CC(C)=O)c2c1. The number of aromatic nitrogens is 1. The minimum Gasteiger partial charge on any atom is -0.497 e. The fraction of sp³-hybridized carbons (Fsp3) is 0.308. The lowest BCUT2D eigenvalue weighted by molar-refractivity contribution is -0.117. The van der Waals surface area contributed by atoms with E-state index in [9.17, 15) is 4.79 Å². The standard InChI is InChI=1S/C13H15NO3/c1-9(15)8-14-5-4-11-12(14)6-10(16-2)7-13(11)17-3/h4-7H,8H2,1-3H3. The molecule has 17 heavy (non-hydrogen) atoms. The Bertz CT molecular complexity index is 557. The van der Waals surface area contributed by atoms with Crippen molar-refractivity contribution in [1.29, 1.82) is 0 Å². The van der Waals surface area contributed by atoms with Crippen LogP contribution in [0, 0.1) is 0 Å². The lowest BCUT2D eigenvalue weighted by Crippen LogP contribution is -2.04. The smallest absolute Gasteiger partial charge is 0.149 e. The summed E-state index contributed by atoms with van der Waals surface area (Å²) in [6.07, 6.45) is 1.88. The summed E-state index contributed by atoms with van der Waals surface area (Å²) in [6, 6.07) is 5.68. The third-order valence-corrected chi connectivity index (χ3v) is 2.67. The number of hydrogen-bond donors (Lipinski definition) is 0. The highest BCUT2D eigenvalue weighted by atomic mass is 16.5. The van der Waals surface area contributed by atoms with Gasteiger partial charge in [-0.05, 0) is 13.0 Å². The van der Waals surface area contributed by atoms with Gasteiger partial charge in [-0.1, -0.05) is 0 Å². The first kappa shape index (κ1) is 11.5. The molecule has 0 aliphatic rings. The van der Waals surface area contributed by atoms with Crippen LogP contribution in [0.25, 0.3) is 10.9 Å². The van der Waals surface area contributed by atoms with Crippen molar-refractivity contribution in [3.05, 3.63) is 24.4 Å². The molecule has 0 atom stereocenters. The summed E-state index contributed by atoms with van der Waals surface area (Å²) in [6.45, 7) is 1.93. The van der Waals surface area contributed by atoms with Crippen LogP contribution in [0.4, 0.5) is 0 Å².